The van der Waals surface area contributed by atoms with E-state index in [1.807, 2.05) is 24.3 Å². The van der Waals surface area contributed by atoms with Crippen LogP contribution in [0.3, 0.4) is 0 Å². The molecule has 116 valence electrons. The van der Waals surface area contributed by atoms with Gasteiger partial charge in [-0.05, 0) is 0 Å². The molecule has 0 saturated carbocycles. The summed E-state index contributed by atoms with van der Waals surface area (Å²) in [4.78, 5) is 0. The molecule has 0 heterocycles. The summed E-state index contributed by atoms with van der Waals surface area (Å²) in [5.41, 5.74) is -1.93. The van der Waals surface area contributed by atoms with E-state index in [0.29, 0.717) is 0 Å². The van der Waals surface area contributed by atoms with Gasteiger partial charge < -0.3 is 0 Å². The predicted molar refractivity (Wildman–Crippen MR) is 83.6 cm³/mol. The van der Waals surface area contributed by atoms with Crippen molar-refractivity contribution in [2.24, 2.45) is 0 Å². The number of benzene rings is 2. The molecule has 0 radical (unpaired) electrons. The molecule has 2 aromatic rings. The molecule has 0 bridgehead atoms. The Hall–Kier alpha value is -1.28. The van der Waals surface area contributed by atoms with Crippen LogP contribution in [0.4, 0.5) is 13.2 Å². The zero-order chi connectivity index (χ0) is 16.4. The predicted octanol–water partition coefficient (Wildman–Crippen LogP) is 2.75. The topological polar surface area (TPSA) is 20.2 Å². The van der Waals surface area contributed by atoms with Crippen molar-refractivity contribution in [2.75, 3.05) is 0 Å². The molecule has 0 aliphatic rings. The molecule has 22 heavy (non-hydrogen) atoms. The maximum atomic E-state index is 12.8. The van der Waals surface area contributed by atoms with Crippen LogP contribution < -0.4 is 7.22 Å². The first kappa shape index (κ1) is 17.1. The molecular weight excluding hydrogens is 405 g/mol. The summed E-state index contributed by atoms with van der Waals surface area (Å²) in [7, 11) is 0. The molecule has 0 spiro atoms. The number of rotatable bonds is 4. The van der Waals surface area contributed by atoms with Gasteiger partial charge >= 0.3 is 137 Å². The zero-order valence-electron chi connectivity index (χ0n) is 11.9. The molecule has 0 aromatic heterocycles. The summed E-state index contributed by atoms with van der Waals surface area (Å²) in [5.74, 6) is 0. The SMILES string of the molecule is C=Cc1ccc([Te]c2ccc(C(C)(O)C(F)(F)F)cc2)cc1. The second-order valence-corrected chi connectivity index (χ2v) is 8.24. The number of halogens is 3. The van der Waals surface area contributed by atoms with Crippen LogP contribution in [-0.2, 0) is 5.60 Å². The molecule has 0 amide bonds. The van der Waals surface area contributed by atoms with Crippen molar-refractivity contribution in [1.29, 1.82) is 0 Å². The van der Waals surface area contributed by atoms with E-state index in [1.54, 1.807) is 18.2 Å². The first-order valence-corrected chi connectivity index (χ1v) is 8.87. The van der Waals surface area contributed by atoms with Gasteiger partial charge in [0.15, 0.2) is 0 Å². The third-order valence-electron chi connectivity index (χ3n) is 3.32. The number of hydrogen-bond acceptors (Lipinski definition) is 1. The standard InChI is InChI=1S/C17H15F3OTe/c1-3-12-4-8-14(9-5-12)22-15-10-6-13(7-11-15)16(2,21)17(18,19)20/h3-11,21H,1H2,2H3. The summed E-state index contributed by atoms with van der Waals surface area (Å²) < 4.78 is 40.6. The first-order chi connectivity index (χ1) is 10.2. The molecule has 0 aliphatic carbocycles. The third-order valence-corrected chi connectivity index (χ3v) is 6.22. The molecule has 0 aliphatic heterocycles. The van der Waals surface area contributed by atoms with Crippen molar-refractivity contribution in [3.8, 4) is 0 Å². The third kappa shape index (κ3) is 3.73. The Morgan fingerprint density at radius 1 is 0.955 bits per heavy atom. The van der Waals surface area contributed by atoms with Gasteiger partial charge in [0, 0.05) is 0 Å². The molecule has 0 saturated heterocycles. The van der Waals surface area contributed by atoms with Crippen molar-refractivity contribution < 1.29 is 18.3 Å². The summed E-state index contributed by atoms with van der Waals surface area (Å²) in [6.07, 6.45) is -2.93. The van der Waals surface area contributed by atoms with Gasteiger partial charge in [-0.25, -0.2) is 0 Å². The van der Waals surface area contributed by atoms with Gasteiger partial charge in [0.2, 0.25) is 0 Å². The molecule has 5 heteroatoms. The van der Waals surface area contributed by atoms with Gasteiger partial charge in [0.1, 0.15) is 0 Å². The molecule has 1 unspecified atom stereocenters. The minimum atomic E-state index is -4.69. The van der Waals surface area contributed by atoms with Gasteiger partial charge in [-0.2, -0.15) is 0 Å². The van der Waals surface area contributed by atoms with Crippen LogP contribution in [-0.4, -0.2) is 32.2 Å². The van der Waals surface area contributed by atoms with Crippen LogP contribution in [0, 0.1) is 0 Å². The van der Waals surface area contributed by atoms with Crippen LogP contribution in [0.15, 0.2) is 55.1 Å². The van der Waals surface area contributed by atoms with E-state index in [9.17, 15) is 18.3 Å². The maximum absolute atomic E-state index is 12.8. The van der Waals surface area contributed by atoms with E-state index < -0.39 is 32.7 Å². The average molecular weight is 420 g/mol. The van der Waals surface area contributed by atoms with Crippen molar-refractivity contribution in [2.45, 2.75) is 18.7 Å². The second kappa shape index (κ2) is 6.45. The number of hydrogen-bond donors (Lipinski definition) is 1. The van der Waals surface area contributed by atoms with Crippen LogP contribution in [0.1, 0.15) is 18.1 Å². The average Bonchev–Trinajstić information content (AvgIpc) is 2.47. The van der Waals surface area contributed by atoms with Crippen molar-refractivity contribution in [3.63, 3.8) is 0 Å². The van der Waals surface area contributed by atoms with Gasteiger partial charge in [0.25, 0.3) is 0 Å². The van der Waals surface area contributed by atoms with E-state index in [-0.39, 0.29) is 5.56 Å². The summed E-state index contributed by atoms with van der Waals surface area (Å²) in [6.45, 7) is 4.46. The van der Waals surface area contributed by atoms with Gasteiger partial charge in [-0.3, -0.25) is 0 Å². The normalized spacial score (nSPS) is 14.4. The van der Waals surface area contributed by atoms with E-state index >= 15 is 0 Å². The fraction of sp³-hybridized carbons (Fsp3) is 0.176. The molecule has 1 N–H and O–H groups in total. The summed E-state index contributed by atoms with van der Waals surface area (Å²) in [5, 5.41) is 9.64. The number of alkyl halides is 3. The Morgan fingerprint density at radius 2 is 1.41 bits per heavy atom. The zero-order valence-corrected chi connectivity index (χ0v) is 14.2. The monoisotopic (exact) mass is 422 g/mol. The van der Waals surface area contributed by atoms with E-state index in [1.165, 1.54) is 15.7 Å². The Kier molecular flexibility index (Phi) is 5.01. The Morgan fingerprint density at radius 3 is 1.82 bits per heavy atom. The van der Waals surface area contributed by atoms with Gasteiger partial charge in [0.05, 0.1) is 0 Å². The van der Waals surface area contributed by atoms with Crippen LogP contribution in [0.5, 0.6) is 0 Å². The second-order valence-electron chi connectivity index (χ2n) is 4.97. The first-order valence-electron chi connectivity index (χ1n) is 6.54. The van der Waals surface area contributed by atoms with E-state index in [4.69, 9.17) is 0 Å². The molecule has 2 rings (SSSR count). The molecule has 2 aromatic carbocycles. The Labute approximate surface area is 137 Å². The summed E-state index contributed by atoms with van der Waals surface area (Å²) >= 11 is -0.661. The summed E-state index contributed by atoms with van der Waals surface area (Å²) in [6, 6.07) is 14.0. The van der Waals surface area contributed by atoms with Crippen molar-refractivity contribution in [1.82, 2.24) is 0 Å². The van der Waals surface area contributed by atoms with Crippen LogP contribution in [0.25, 0.3) is 6.08 Å². The van der Waals surface area contributed by atoms with Crippen molar-refractivity contribution >= 4 is 34.2 Å². The molecule has 0 fully saturated rings. The fourth-order valence-corrected chi connectivity index (χ4v) is 4.15. The molecular formula is C17H15F3OTe. The van der Waals surface area contributed by atoms with Gasteiger partial charge in [-0.15, -0.1) is 0 Å². The number of aliphatic hydroxyl groups is 1. The fourth-order valence-electron chi connectivity index (χ4n) is 1.82. The van der Waals surface area contributed by atoms with Crippen LogP contribution >= 0.6 is 0 Å². The molecule has 1 atom stereocenters. The van der Waals surface area contributed by atoms with Crippen LogP contribution in [0.2, 0.25) is 0 Å². The minimum absolute atomic E-state index is 0.141. The molecule has 1 nitrogen and oxygen atoms in total. The van der Waals surface area contributed by atoms with E-state index in [2.05, 4.69) is 6.58 Å². The van der Waals surface area contributed by atoms with Gasteiger partial charge in [-0.1, -0.05) is 0 Å². The Balaban J connectivity index is 2.16. The quantitative estimate of drug-likeness (QED) is 0.756. The van der Waals surface area contributed by atoms with E-state index in [0.717, 1.165) is 16.1 Å². The Bertz CT molecular complexity index is 643. The van der Waals surface area contributed by atoms with Crippen molar-refractivity contribution in [3.05, 3.63) is 66.2 Å².